The van der Waals surface area contributed by atoms with Crippen LogP contribution in [0.1, 0.15) is 40.7 Å². The summed E-state index contributed by atoms with van der Waals surface area (Å²) in [7, 11) is 1.57. The Morgan fingerprint density at radius 2 is 1.85 bits per heavy atom. The van der Waals surface area contributed by atoms with Crippen LogP contribution in [0.2, 0.25) is 0 Å². The van der Waals surface area contributed by atoms with Gasteiger partial charge in [-0.15, -0.1) is 0 Å². The molecule has 1 atom stereocenters. The fourth-order valence-corrected chi connectivity index (χ4v) is 2.43. The van der Waals surface area contributed by atoms with Crippen LogP contribution in [0.3, 0.4) is 0 Å². The number of benzene rings is 1. The zero-order valence-corrected chi connectivity index (χ0v) is 18.8. The molecule has 0 saturated heterocycles. The standard InChI is InChI=1S/C12H16F2N2O2.C8H5FN2O2.C2H6.H2/c1-8(18-2)3-4-12(17)16-7-11-10(14)5-9(13)6-15-11;9-4-1-2-6-5(3-4)7(12)11-8(13)10-6;1-2;/h5-6,8H,3-4,7H2,1-2H3,(H,16,17);1-3H,(H2,10,11,12,13);1-2H3;1H. The highest BCUT2D eigenvalue weighted by Crippen LogP contribution is 2.07. The minimum Gasteiger partial charge on any atom is -0.382 e. The smallest absolute Gasteiger partial charge is 0.326 e. The molecule has 1 amide bonds. The number of nitrogens with one attached hydrogen (secondary N) is 3. The monoisotopic (exact) mass is 470 g/mol. The van der Waals surface area contributed by atoms with Gasteiger partial charge >= 0.3 is 5.69 Å². The maximum atomic E-state index is 13.2. The molecule has 3 rings (SSSR count). The Bertz CT molecular complexity index is 1170. The Morgan fingerprint density at radius 3 is 2.48 bits per heavy atom. The normalized spacial score (nSPS) is 11.0. The largest absolute Gasteiger partial charge is 0.382 e. The molecule has 0 radical (unpaired) electrons. The molecule has 3 aromatic rings. The van der Waals surface area contributed by atoms with Crippen LogP contribution in [-0.2, 0) is 16.1 Å². The predicted molar refractivity (Wildman–Crippen MR) is 120 cm³/mol. The lowest BCUT2D eigenvalue weighted by molar-refractivity contribution is -0.121. The fraction of sp³-hybridized carbons (Fsp3) is 0.364. The number of nitrogens with zero attached hydrogens (tertiary/aromatic N) is 1. The Hall–Kier alpha value is -3.47. The Labute approximate surface area is 189 Å². The van der Waals surface area contributed by atoms with Gasteiger partial charge in [0.1, 0.15) is 17.5 Å². The lowest BCUT2D eigenvalue weighted by atomic mass is 10.2. The lowest BCUT2D eigenvalue weighted by Gasteiger charge is -2.09. The summed E-state index contributed by atoms with van der Waals surface area (Å²) in [4.78, 5) is 41.3. The molecule has 0 aliphatic rings. The zero-order chi connectivity index (χ0) is 25.0. The number of hydrogen-bond donors (Lipinski definition) is 3. The van der Waals surface area contributed by atoms with Crippen LogP contribution in [-0.4, -0.2) is 34.1 Å². The topological polar surface area (TPSA) is 117 Å². The lowest BCUT2D eigenvalue weighted by Crippen LogP contribution is -2.24. The minimum absolute atomic E-state index is 0. The Morgan fingerprint density at radius 1 is 1.15 bits per heavy atom. The van der Waals surface area contributed by atoms with E-state index in [-0.39, 0.29) is 37.5 Å². The third kappa shape index (κ3) is 9.27. The minimum atomic E-state index is -0.763. The molecule has 8 nitrogen and oxygen atoms in total. The molecular weight excluding hydrogens is 441 g/mol. The van der Waals surface area contributed by atoms with Gasteiger partial charge in [-0.3, -0.25) is 19.6 Å². The van der Waals surface area contributed by atoms with Gasteiger partial charge in [0.25, 0.3) is 5.56 Å². The van der Waals surface area contributed by atoms with E-state index in [0.717, 1.165) is 18.3 Å². The van der Waals surface area contributed by atoms with E-state index in [1.54, 1.807) is 7.11 Å². The maximum Gasteiger partial charge on any atom is 0.326 e. The van der Waals surface area contributed by atoms with Crippen molar-refractivity contribution >= 4 is 16.8 Å². The van der Waals surface area contributed by atoms with Crippen molar-refractivity contribution in [2.75, 3.05) is 7.11 Å². The van der Waals surface area contributed by atoms with Crippen molar-refractivity contribution in [2.45, 2.75) is 46.3 Å². The van der Waals surface area contributed by atoms with Gasteiger partial charge in [0.2, 0.25) is 5.91 Å². The molecular formula is C22H29F3N4O4. The van der Waals surface area contributed by atoms with E-state index in [0.29, 0.717) is 11.9 Å². The number of pyridine rings is 1. The highest BCUT2D eigenvalue weighted by molar-refractivity contribution is 5.77. The number of methoxy groups -OCH3 is 1. The number of carbonyl (C=O) groups is 1. The third-order valence-electron chi connectivity index (χ3n) is 4.22. The molecule has 0 saturated carbocycles. The van der Waals surface area contributed by atoms with E-state index in [2.05, 4.69) is 15.3 Å². The fourth-order valence-electron chi connectivity index (χ4n) is 2.43. The summed E-state index contributed by atoms with van der Waals surface area (Å²) in [6.07, 6.45) is 1.79. The van der Waals surface area contributed by atoms with E-state index < -0.39 is 28.7 Å². The molecule has 0 spiro atoms. The average molecular weight is 470 g/mol. The number of H-pyrrole nitrogens is 2. The number of amides is 1. The second-order valence-corrected chi connectivity index (χ2v) is 6.54. The zero-order valence-electron chi connectivity index (χ0n) is 18.8. The quantitative estimate of drug-likeness (QED) is 0.510. The number of aromatic nitrogens is 3. The number of rotatable bonds is 6. The van der Waals surface area contributed by atoms with Crippen molar-refractivity contribution < 1.29 is 24.1 Å². The van der Waals surface area contributed by atoms with Crippen LogP contribution in [0, 0.1) is 17.5 Å². The summed E-state index contributed by atoms with van der Waals surface area (Å²) in [6.45, 7) is 5.81. The van der Waals surface area contributed by atoms with E-state index in [1.165, 1.54) is 12.1 Å². The number of ether oxygens (including phenoxy) is 1. The number of carbonyl (C=O) groups excluding carboxylic acids is 1. The van der Waals surface area contributed by atoms with Gasteiger partial charge in [0.15, 0.2) is 0 Å². The van der Waals surface area contributed by atoms with Crippen LogP contribution in [0.15, 0.2) is 40.1 Å². The maximum absolute atomic E-state index is 13.2. The van der Waals surface area contributed by atoms with Gasteiger partial charge in [-0.1, -0.05) is 13.8 Å². The third-order valence-corrected chi connectivity index (χ3v) is 4.22. The molecule has 2 heterocycles. The second kappa shape index (κ2) is 13.8. The van der Waals surface area contributed by atoms with Crippen molar-refractivity contribution in [2.24, 2.45) is 0 Å². The summed E-state index contributed by atoms with van der Waals surface area (Å²) in [5, 5.41) is 2.66. The number of aromatic amines is 2. The molecule has 0 bridgehead atoms. The molecule has 2 aromatic heterocycles. The molecule has 182 valence electrons. The summed E-state index contributed by atoms with van der Waals surface area (Å²) in [5.74, 6) is -2.23. The van der Waals surface area contributed by atoms with Gasteiger partial charge in [0, 0.05) is 21.0 Å². The molecule has 0 aliphatic heterocycles. The van der Waals surface area contributed by atoms with Crippen LogP contribution < -0.4 is 16.6 Å². The number of halogens is 3. The van der Waals surface area contributed by atoms with E-state index in [1.807, 2.05) is 25.8 Å². The van der Waals surface area contributed by atoms with E-state index >= 15 is 0 Å². The Kier molecular flexibility index (Phi) is 11.6. The molecule has 0 aliphatic carbocycles. The molecule has 1 unspecified atom stereocenters. The van der Waals surface area contributed by atoms with E-state index in [9.17, 15) is 27.6 Å². The predicted octanol–water partition coefficient (Wildman–Crippen LogP) is 3.42. The van der Waals surface area contributed by atoms with Crippen LogP contribution in [0.4, 0.5) is 13.2 Å². The number of hydrogen-bond acceptors (Lipinski definition) is 5. The average Bonchev–Trinajstić information content (AvgIpc) is 2.79. The van der Waals surface area contributed by atoms with Crippen LogP contribution in [0.25, 0.3) is 10.9 Å². The molecule has 11 heteroatoms. The van der Waals surface area contributed by atoms with Gasteiger partial charge in [0.05, 0.1) is 35.4 Å². The molecule has 0 fully saturated rings. The SMILES string of the molecule is CC.COC(C)CCC(=O)NCc1ncc(F)cc1F.O=c1[nH]c(=O)c2cc(F)ccc2[nH]1.[HH]. The van der Waals surface area contributed by atoms with Crippen LogP contribution >= 0.6 is 0 Å². The summed E-state index contributed by atoms with van der Waals surface area (Å²) in [6, 6.07) is 4.34. The first-order valence-corrected chi connectivity index (χ1v) is 10.2. The van der Waals surface area contributed by atoms with Gasteiger partial charge in [-0.25, -0.2) is 18.0 Å². The number of fused-ring (bicyclic) bond motifs is 1. The Balaban J connectivity index is 0.000000602. The highest BCUT2D eigenvalue weighted by Gasteiger charge is 2.09. The first kappa shape index (κ1) is 27.6. The van der Waals surface area contributed by atoms with Crippen LogP contribution in [0.5, 0.6) is 0 Å². The van der Waals surface area contributed by atoms with Crippen molar-refractivity contribution in [3.05, 3.63) is 74.4 Å². The van der Waals surface area contributed by atoms with Crippen molar-refractivity contribution in [3.8, 4) is 0 Å². The van der Waals surface area contributed by atoms with Crippen molar-refractivity contribution in [1.29, 1.82) is 0 Å². The molecule has 1 aromatic carbocycles. The van der Waals surface area contributed by atoms with Crippen molar-refractivity contribution in [1.82, 2.24) is 20.3 Å². The summed E-state index contributed by atoms with van der Waals surface area (Å²) in [5.41, 5.74) is -0.831. The summed E-state index contributed by atoms with van der Waals surface area (Å²) >= 11 is 0. The van der Waals surface area contributed by atoms with Gasteiger partial charge in [-0.05, 0) is 31.5 Å². The van der Waals surface area contributed by atoms with Crippen molar-refractivity contribution in [3.63, 3.8) is 0 Å². The first-order chi connectivity index (χ1) is 15.7. The second-order valence-electron chi connectivity index (χ2n) is 6.54. The highest BCUT2D eigenvalue weighted by atomic mass is 19.1. The summed E-state index contributed by atoms with van der Waals surface area (Å²) < 4.78 is 43.5. The van der Waals surface area contributed by atoms with Gasteiger partial charge in [-0.2, -0.15) is 0 Å². The first-order valence-electron chi connectivity index (χ1n) is 10.2. The molecule has 33 heavy (non-hydrogen) atoms. The molecule has 3 N–H and O–H groups in total. The van der Waals surface area contributed by atoms with Gasteiger partial charge < -0.3 is 15.0 Å². The van der Waals surface area contributed by atoms with E-state index in [4.69, 9.17) is 4.74 Å².